The molecule has 1 aliphatic heterocycles. The SMILES string of the molecule is CCC(=O)N1CC[C@H](Oc2ncnc3c2nc(-c2cnc(OC)c(C#N)c2)n3C)C1. The molecule has 1 amide bonds. The summed E-state index contributed by atoms with van der Waals surface area (Å²) in [5.74, 6) is 1.33. The molecule has 1 saturated heterocycles. The van der Waals surface area contributed by atoms with E-state index in [9.17, 15) is 10.1 Å². The quantitative estimate of drug-likeness (QED) is 0.627. The summed E-state index contributed by atoms with van der Waals surface area (Å²) in [7, 11) is 3.30. The first-order chi connectivity index (χ1) is 14.5. The zero-order valence-electron chi connectivity index (χ0n) is 17.0. The van der Waals surface area contributed by atoms with Gasteiger partial charge < -0.3 is 18.9 Å². The summed E-state index contributed by atoms with van der Waals surface area (Å²) in [5.41, 5.74) is 2.09. The summed E-state index contributed by atoms with van der Waals surface area (Å²) in [5, 5.41) is 9.34. The Morgan fingerprint density at radius 2 is 2.17 bits per heavy atom. The van der Waals surface area contributed by atoms with Gasteiger partial charge >= 0.3 is 0 Å². The first-order valence-electron chi connectivity index (χ1n) is 9.62. The van der Waals surface area contributed by atoms with Crippen molar-refractivity contribution in [3.63, 3.8) is 0 Å². The molecule has 30 heavy (non-hydrogen) atoms. The van der Waals surface area contributed by atoms with Gasteiger partial charge in [0.25, 0.3) is 0 Å². The topological polar surface area (TPSA) is 119 Å². The summed E-state index contributed by atoms with van der Waals surface area (Å²) in [4.78, 5) is 31.2. The average Bonchev–Trinajstić information content (AvgIpc) is 3.38. The maximum absolute atomic E-state index is 11.9. The smallest absolute Gasteiger partial charge is 0.245 e. The lowest BCUT2D eigenvalue weighted by molar-refractivity contribution is -0.130. The number of hydrogen-bond acceptors (Lipinski definition) is 8. The van der Waals surface area contributed by atoms with Crippen LogP contribution in [0.1, 0.15) is 25.3 Å². The Morgan fingerprint density at radius 1 is 1.33 bits per heavy atom. The number of methoxy groups -OCH3 is 1. The fourth-order valence-electron chi connectivity index (χ4n) is 3.57. The summed E-state index contributed by atoms with van der Waals surface area (Å²) >= 11 is 0. The maximum Gasteiger partial charge on any atom is 0.245 e. The number of likely N-dealkylation sites (tertiary alicyclic amines) is 1. The molecular formula is C20H21N7O3. The maximum atomic E-state index is 11.9. The van der Waals surface area contributed by atoms with Crippen LogP contribution in [0, 0.1) is 11.3 Å². The standard InChI is InChI=1S/C20H21N7O3/c1-4-15(28)27-6-5-14(10-27)30-20-16-18(23-11-24-20)26(2)17(25-16)13-7-12(8-21)19(29-3)22-9-13/h7,9,11,14H,4-6,10H2,1-3H3/t14-/m0/s1. The number of hydrogen-bond donors (Lipinski definition) is 0. The zero-order chi connectivity index (χ0) is 21.3. The van der Waals surface area contributed by atoms with E-state index in [2.05, 4.69) is 26.0 Å². The van der Waals surface area contributed by atoms with E-state index in [0.29, 0.717) is 53.5 Å². The van der Waals surface area contributed by atoms with Gasteiger partial charge in [0.2, 0.25) is 17.7 Å². The van der Waals surface area contributed by atoms with E-state index in [1.807, 2.05) is 14.0 Å². The van der Waals surface area contributed by atoms with Crippen LogP contribution in [0.15, 0.2) is 18.6 Å². The third-order valence-corrected chi connectivity index (χ3v) is 5.12. The third-order valence-electron chi connectivity index (χ3n) is 5.12. The van der Waals surface area contributed by atoms with Gasteiger partial charge in [-0.25, -0.2) is 15.0 Å². The number of pyridine rings is 1. The minimum atomic E-state index is -0.142. The molecule has 1 atom stereocenters. The highest BCUT2D eigenvalue weighted by molar-refractivity contribution is 5.81. The lowest BCUT2D eigenvalue weighted by Crippen LogP contribution is -2.30. The Kier molecular flexibility index (Phi) is 5.18. The Bertz CT molecular complexity index is 1150. The van der Waals surface area contributed by atoms with E-state index < -0.39 is 0 Å². The molecule has 3 aromatic heterocycles. The molecule has 1 fully saturated rings. The van der Waals surface area contributed by atoms with Crippen molar-refractivity contribution in [3.8, 4) is 29.2 Å². The normalized spacial score (nSPS) is 15.9. The second-order valence-electron chi connectivity index (χ2n) is 6.96. The molecule has 154 valence electrons. The largest absolute Gasteiger partial charge is 0.480 e. The van der Waals surface area contributed by atoms with Crippen LogP contribution in [0.5, 0.6) is 11.8 Å². The van der Waals surface area contributed by atoms with Gasteiger partial charge in [0.1, 0.15) is 29.9 Å². The second-order valence-corrected chi connectivity index (χ2v) is 6.96. The molecule has 1 aliphatic rings. The lowest BCUT2D eigenvalue weighted by atomic mass is 10.2. The van der Waals surface area contributed by atoms with Gasteiger partial charge in [-0.3, -0.25) is 4.79 Å². The van der Waals surface area contributed by atoms with Crippen LogP contribution in [-0.4, -0.2) is 61.6 Å². The number of aromatic nitrogens is 5. The summed E-state index contributed by atoms with van der Waals surface area (Å²) in [6, 6.07) is 3.75. The molecule has 10 heteroatoms. The van der Waals surface area contributed by atoms with Gasteiger partial charge in [-0.05, 0) is 6.07 Å². The van der Waals surface area contributed by atoms with E-state index in [1.54, 1.807) is 21.7 Å². The number of nitriles is 1. The number of imidazole rings is 1. The Hall–Kier alpha value is -3.74. The van der Waals surface area contributed by atoms with E-state index in [0.717, 1.165) is 6.42 Å². The number of amides is 1. The molecule has 0 saturated carbocycles. The second kappa shape index (κ2) is 7.94. The van der Waals surface area contributed by atoms with Crippen LogP contribution >= 0.6 is 0 Å². The monoisotopic (exact) mass is 407 g/mol. The molecule has 3 aromatic rings. The van der Waals surface area contributed by atoms with E-state index in [-0.39, 0.29) is 17.9 Å². The Labute approximate surface area is 173 Å². The molecular weight excluding hydrogens is 386 g/mol. The third kappa shape index (κ3) is 3.39. The summed E-state index contributed by atoms with van der Waals surface area (Å²) in [6.45, 7) is 3.06. The number of carbonyl (C=O) groups is 1. The van der Waals surface area contributed by atoms with Crippen LogP contribution in [0.25, 0.3) is 22.6 Å². The molecule has 0 aliphatic carbocycles. The molecule has 10 nitrogen and oxygen atoms in total. The molecule has 0 bridgehead atoms. The summed E-state index contributed by atoms with van der Waals surface area (Å²) < 4.78 is 13.0. The minimum Gasteiger partial charge on any atom is -0.480 e. The van der Waals surface area contributed by atoms with Crippen molar-refractivity contribution < 1.29 is 14.3 Å². The number of aryl methyl sites for hydroxylation is 1. The highest BCUT2D eigenvalue weighted by Crippen LogP contribution is 2.29. The van der Waals surface area contributed by atoms with Crippen molar-refractivity contribution in [2.75, 3.05) is 20.2 Å². The van der Waals surface area contributed by atoms with Crippen molar-refractivity contribution in [1.29, 1.82) is 5.26 Å². The van der Waals surface area contributed by atoms with Gasteiger partial charge in [-0.2, -0.15) is 10.2 Å². The van der Waals surface area contributed by atoms with Crippen molar-refractivity contribution in [1.82, 2.24) is 29.4 Å². The Morgan fingerprint density at radius 3 is 2.90 bits per heavy atom. The molecule has 4 rings (SSSR count). The van der Waals surface area contributed by atoms with E-state index >= 15 is 0 Å². The molecule has 0 N–H and O–H groups in total. The first-order valence-corrected chi connectivity index (χ1v) is 9.62. The van der Waals surface area contributed by atoms with Gasteiger partial charge in [-0.1, -0.05) is 6.92 Å². The highest BCUT2D eigenvalue weighted by atomic mass is 16.5. The number of rotatable bonds is 5. The molecule has 0 unspecified atom stereocenters. The predicted octanol–water partition coefficient (Wildman–Crippen LogP) is 1.70. The van der Waals surface area contributed by atoms with Crippen molar-refractivity contribution >= 4 is 17.1 Å². The first kappa shape index (κ1) is 19.6. The molecule has 0 spiro atoms. The minimum absolute atomic E-state index is 0.120. The molecule has 4 heterocycles. The van der Waals surface area contributed by atoms with Crippen LogP contribution in [0.2, 0.25) is 0 Å². The van der Waals surface area contributed by atoms with Gasteiger partial charge in [-0.15, -0.1) is 0 Å². The fourth-order valence-corrected chi connectivity index (χ4v) is 3.57. The number of fused-ring (bicyclic) bond motifs is 1. The van der Waals surface area contributed by atoms with Gasteiger partial charge in [0.15, 0.2) is 11.2 Å². The highest BCUT2D eigenvalue weighted by Gasteiger charge is 2.28. The van der Waals surface area contributed by atoms with Crippen molar-refractivity contribution in [2.24, 2.45) is 7.05 Å². The molecule has 0 radical (unpaired) electrons. The average molecular weight is 407 g/mol. The van der Waals surface area contributed by atoms with Gasteiger partial charge in [0.05, 0.1) is 13.7 Å². The Balaban J connectivity index is 1.67. The van der Waals surface area contributed by atoms with Crippen LogP contribution < -0.4 is 9.47 Å². The molecule has 0 aromatic carbocycles. The summed E-state index contributed by atoms with van der Waals surface area (Å²) in [6.07, 6.45) is 4.11. The number of carbonyl (C=O) groups excluding carboxylic acids is 1. The zero-order valence-corrected chi connectivity index (χ0v) is 17.0. The number of ether oxygens (including phenoxy) is 2. The van der Waals surface area contributed by atoms with E-state index in [1.165, 1.54) is 13.4 Å². The van der Waals surface area contributed by atoms with Crippen LogP contribution in [-0.2, 0) is 11.8 Å². The van der Waals surface area contributed by atoms with Crippen LogP contribution in [0.3, 0.4) is 0 Å². The van der Waals surface area contributed by atoms with Crippen molar-refractivity contribution in [2.45, 2.75) is 25.9 Å². The predicted molar refractivity (Wildman–Crippen MR) is 107 cm³/mol. The van der Waals surface area contributed by atoms with Crippen LogP contribution in [0.4, 0.5) is 0 Å². The number of nitrogens with zero attached hydrogens (tertiary/aromatic N) is 7. The van der Waals surface area contributed by atoms with Crippen molar-refractivity contribution in [3.05, 3.63) is 24.2 Å². The van der Waals surface area contributed by atoms with Gasteiger partial charge in [0, 0.05) is 38.2 Å². The van der Waals surface area contributed by atoms with E-state index in [4.69, 9.17) is 9.47 Å². The fraction of sp³-hybridized carbons (Fsp3) is 0.400. The lowest BCUT2D eigenvalue weighted by Gasteiger charge is -2.16.